The first-order chi connectivity index (χ1) is 20.8. The second kappa shape index (κ2) is 31.8. The van der Waals surface area contributed by atoms with E-state index in [-0.39, 0.29) is 0 Å². The Kier molecular flexibility index (Phi) is 29.8. The normalized spacial score (nSPS) is 15.0. The van der Waals surface area contributed by atoms with Crippen LogP contribution in [0.2, 0.25) is 0 Å². The molecule has 1 rings (SSSR count). The number of hydrogen-bond acceptors (Lipinski definition) is 2. The van der Waals surface area contributed by atoms with Gasteiger partial charge in [-0.2, -0.15) is 0 Å². The van der Waals surface area contributed by atoms with Gasteiger partial charge < -0.3 is 9.80 Å². The first-order valence-electron chi connectivity index (χ1n) is 20.0. The van der Waals surface area contributed by atoms with Crippen LogP contribution in [0.3, 0.4) is 0 Å². The van der Waals surface area contributed by atoms with Crippen molar-refractivity contribution < 1.29 is 0 Å². The Hall–Kier alpha value is -0.660. The van der Waals surface area contributed by atoms with Crippen molar-refractivity contribution in [2.75, 3.05) is 13.1 Å². The van der Waals surface area contributed by atoms with Crippen LogP contribution < -0.4 is 0 Å². The number of rotatable bonds is 34. The lowest BCUT2D eigenvalue weighted by Crippen LogP contribution is -2.38. The first-order valence-corrected chi connectivity index (χ1v) is 20.0. The molecule has 2 heteroatoms. The number of nitrogens with zero attached hydrogens (tertiary/aromatic N) is 2. The summed E-state index contributed by atoms with van der Waals surface area (Å²) in [6, 6.07) is 0. The molecule has 0 fully saturated rings. The Morgan fingerprint density at radius 3 is 0.738 bits per heavy atom. The van der Waals surface area contributed by atoms with Gasteiger partial charge in [-0.15, -0.1) is 0 Å². The predicted molar refractivity (Wildman–Crippen MR) is 191 cm³/mol. The van der Waals surface area contributed by atoms with E-state index in [1.807, 2.05) is 0 Å². The standard InChI is InChI=1S/C40H80N2/c1-4-7-9-11-13-15-17-19-21-23-25-27-29-31-33-35-37-42-39-38-41(40(42)6-3)36-34-32-30-28-26-24-22-20-18-16-14-12-10-8-5-2/h38-40H,4-37H2,1-3H3. The molecule has 1 unspecified atom stereocenters. The van der Waals surface area contributed by atoms with Crippen molar-refractivity contribution in [2.45, 2.75) is 232 Å². The largest absolute Gasteiger partial charge is 0.356 e. The number of unbranched alkanes of at least 4 members (excludes halogenated alkanes) is 29. The summed E-state index contributed by atoms with van der Waals surface area (Å²) in [5, 5.41) is 0. The molecule has 0 spiro atoms. The van der Waals surface area contributed by atoms with E-state index in [9.17, 15) is 0 Å². The van der Waals surface area contributed by atoms with Crippen molar-refractivity contribution in [2.24, 2.45) is 0 Å². The minimum absolute atomic E-state index is 0.619. The zero-order valence-electron chi connectivity index (χ0n) is 29.7. The minimum Gasteiger partial charge on any atom is -0.356 e. The van der Waals surface area contributed by atoms with Gasteiger partial charge in [0.2, 0.25) is 0 Å². The summed E-state index contributed by atoms with van der Waals surface area (Å²) < 4.78 is 0. The van der Waals surface area contributed by atoms with Crippen LogP contribution in [0.5, 0.6) is 0 Å². The van der Waals surface area contributed by atoms with E-state index in [0.717, 1.165) is 0 Å². The highest BCUT2D eigenvalue weighted by atomic mass is 15.4. The van der Waals surface area contributed by atoms with Crippen molar-refractivity contribution in [3.63, 3.8) is 0 Å². The molecule has 1 aliphatic heterocycles. The van der Waals surface area contributed by atoms with Gasteiger partial charge in [0, 0.05) is 25.5 Å². The van der Waals surface area contributed by atoms with Gasteiger partial charge in [0.1, 0.15) is 6.17 Å². The summed E-state index contributed by atoms with van der Waals surface area (Å²) in [4.78, 5) is 5.27. The summed E-state index contributed by atoms with van der Waals surface area (Å²) in [5.74, 6) is 0. The Balaban J connectivity index is 1.86. The third kappa shape index (κ3) is 23.8. The Morgan fingerprint density at radius 2 is 0.524 bits per heavy atom. The molecule has 250 valence electrons. The monoisotopic (exact) mass is 589 g/mol. The molecule has 0 bridgehead atoms. The third-order valence-electron chi connectivity index (χ3n) is 9.87. The molecule has 0 aliphatic carbocycles. The molecule has 0 amide bonds. The second-order valence-corrected chi connectivity index (χ2v) is 13.9. The predicted octanol–water partition coefficient (Wildman–Crippen LogP) is 13.9. The van der Waals surface area contributed by atoms with Crippen LogP contribution in [0.25, 0.3) is 0 Å². The molecule has 1 atom stereocenters. The molecule has 0 radical (unpaired) electrons. The molecule has 0 aromatic rings. The lowest BCUT2D eigenvalue weighted by Gasteiger charge is -2.32. The van der Waals surface area contributed by atoms with Crippen molar-refractivity contribution in [1.82, 2.24) is 9.80 Å². The van der Waals surface area contributed by atoms with E-state index in [1.54, 1.807) is 0 Å². The molecular formula is C40H80N2. The Bertz CT molecular complexity index is 544. The maximum atomic E-state index is 2.63. The fourth-order valence-corrected chi connectivity index (χ4v) is 6.98. The van der Waals surface area contributed by atoms with E-state index in [4.69, 9.17) is 0 Å². The van der Waals surface area contributed by atoms with Gasteiger partial charge in [-0.3, -0.25) is 0 Å². The lowest BCUT2D eigenvalue weighted by atomic mass is 10.0. The Labute approximate surface area is 267 Å². The van der Waals surface area contributed by atoms with Gasteiger partial charge in [0.15, 0.2) is 0 Å². The smallest absolute Gasteiger partial charge is 0.100 e. The molecular weight excluding hydrogens is 508 g/mol. The van der Waals surface area contributed by atoms with Crippen LogP contribution >= 0.6 is 0 Å². The maximum absolute atomic E-state index is 2.63. The third-order valence-corrected chi connectivity index (χ3v) is 9.87. The number of hydrogen-bond donors (Lipinski definition) is 0. The second-order valence-electron chi connectivity index (χ2n) is 13.9. The maximum Gasteiger partial charge on any atom is 0.100 e. The van der Waals surface area contributed by atoms with Crippen LogP contribution in [0.15, 0.2) is 12.4 Å². The topological polar surface area (TPSA) is 6.48 Å². The molecule has 2 nitrogen and oxygen atoms in total. The summed E-state index contributed by atoms with van der Waals surface area (Å²) in [6.07, 6.45) is 51.6. The average molecular weight is 589 g/mol. The summed E-state index contributed by atoms with van der Waals surface area (Å²) in [7, 11) is 0. The molecule has 42 heavy (non-hydrogen) atoms. The van der Waals surface area contributed by atoms with Crippen molar-refractivity contribution in [1.29, 1.82) is 0 Å². The van der Waals surface area contributed by atoms with Crippen LogP contribution in [0.1, 0.15) is 226 Å². The zero-order valence-corrected chi connectivity index (χ0v) is 29.7. The van der Waals surface area contributed by atoms with Crippen molar-refractivity contribution in [3.8, 4) is 0 Å². The average Bonchev–Trinajstić information content (AvgIpc) is 3.40. The molecule has 0 aromatic heterocycles. The van der Waals surface area contributed by atoms with Crippen molar-refractivity contribution in [3.05, 3.63) is 12.4 Å². The van der Waals surface area contributed by atoms with Gasteiger partial charge in [-0.1, -0.05) is 207 Å². The Morgan fingerprint density at radius 1 is 0.310 bits per heavy atom. The molecule has 0 saturated carbocycles. The van der Waals surface area contributed by atoms with Crippen LogP contribution in [-0.2, 0) is 0 Å². The summed E-state index contributed by atoms with van der Waals surface area (Å²) >= 11 is 0. The summed E-state index contributed by atoms with van der Waals surface area (Å²) in [6.45, 7) is 9.49. The zero-order chi connectivity index (χ0) is 30.2. The minimum atomic E-state index is 0.619. The quantitative estimate of drug-likeness (QED) is 0.0690. The van der Waals surface area contributed by atoms with E-state index in [2.05, 4.69) is 43.0 Å². The van der Waals surface area contributed by atoms with Gasteiger partial charge in [-0.05, 0) is 19.3 Å². The molecule has 0 saturated heterocycles. The summed E-state index contributed by atoms with van der Waals surface area (Å²) in [5.41, 5.74) is 0. The molecule has 1 heterocycles. The lowest BCUT2D eigenvalue weighted by molar-refractivity contribution is 0.144. The van der Waals surface area contributed by atoms with Crippen molar-refractivity contribution >= 4 is 0 Å². The fourth-order valence-electron chi connectivity index (χ4n) is 6.98. The van der Waals surface area contributed by atoms with E-state index in [0.29, 0.717) is 6.17 Å². The van der Waals surface area contributed by atoms with Crippen LogP contribution in [0.4, 0.5) is 0 Å². The van der Waals surface area contributed by atoms with E-state index >= 15 is 0 Å². The highest BCUT2D eigenvalue weighted by Crippen LogP contribution is 2.21. The van der Waals surface area contributed by atoms with Gasteiger partial charge >= 0.3 is 0 Å². The van der Waals surface area contributed by atoms with E-state index in [1.165, 1.54) is 219 Å². The van der Waals surface area contributed by atoms with Gasteiger partial charge in [0.25, 0.3) is 0 Å². The first kappa shape index (κ1) is 39.4. The van der Waals surface area contributed by atoms with Crippen LogP contribution in [0, 0.1) is 0 Å². The van der Waals surface area contributed by atoms with E-state index < -0.39 is 0 Å². The van der Waals surface area contributed by atoms with Gasteiger partial charge in [0.05, 0.1) is 0 Å². The fraction of sp³-hybridized carbons (Fsp3) is 0.950. The molecule has 0 N–H and O–H groups in total. The highest BCUT2D eigenvalue weighted by molar-refractivity contribution is 4.96. The molecule has 1 aliphatic rings. The van der Waals surface area contributed by atoms with Gasteiger partial charge in [-0.25, -0.2) is 0 Å². The molecule has 0 aromatic carbocycles. The van der Waals surface area contributed by atoms with Crippen LogP contribution in [-0.4, -0.2) is 29.1 Å². The SMILES string of the molecule is CCCCCCCCCCCCCCCCCCN1C=CN(CCCCCCCCCCCCCCCCC)C1CC. The highest BCUT2D eigenvalue weighted by Gasteiger charge is 2.23.